The highest BCUT2D eigenvalue weighted by Gasteiger charge is 2.44. The number of aliphatic carboxylic acids is 1. The average molecular weight is 570 g/mol. The molecular weight excluding hydrogens is 526 g/mol. The fraction of sp³-hybridized carbons (Fsp3) is 0.643. The Balaban J connectivity index is 3.42. The van der Waals surface area contributed by atoms with Gasteiger partial charge in [-0.3, -0.25) is 5.32 Å². The van der Waals surface area contributed by atoms with E-state index in [0.29, 0.717) is 25.7 Å². The second-order valence-electron chi connectivity index (χ2n) is 9.48. The molecule has 0 aromatic heterocycles. The van der Waals surface area contributed by atoms with E-state index in [0.717, 1.165) is 6.42 Å². The second kappa shape index (κ2) is 17.2. The number of carboxylic acids is 1. The molecule has 0 spiro atoms. The summed E-state index contributed by atoms with van der Waals surface area (Å²) in [6.07, 6.45) is -1.48. The molecule has 0 amide bonds. The fourth-order valence-corrected chi connectivity index (χ4v) is 3.11. The third kappa shape index (κ3) is 11.7. The van der Waals surface area contributed by atoms with Crippen LogP contribution in [0.15, 0.2) is 18.2 Å². The summed E-state index contributed by atoms with van der Waals surface area (Å²) >= 11 is 0. The molecule has 12 heteroatoms. The first kappa shape index (κ1) is 34.5. The molecule has 2 N–H and O–H groups in total. The maximum Gasteiger partial charge on any atom is 0.514 e. The molecule has 1 rings (SSSR count). The molecule has 0 fully saturated rings. The summed E-state index contributed by atoms with van der Waals surface area (Å²) in [5, 5.41) is 13.0. The summed E-state index contributed by atoms with van der Waals surface area (Å²) < 4.78 is 31.3. The number of carbonyl (C=O) groups excluding carboxylic acids is 3. The van der Waals surface area contributed by atoms with Gasteiger partial charge in [0, 0.05) is 12.5 Å². The van der Waals surface area contributed by atoms with Crippen LogP contribution in [-0.4, -0.2) is 60.1 Å². The Labute approximate surface area is 235 Å². The van der Waals surface area contributed by atoms with Crippen molar-refractivity contribution in [3.63, 3.8) is 0 Å². The Bertz CT molecular complexity index is 983. The maximum absolute atomic E-state index is 12.5. The van der Waals surface area contributed by atoms with E-state index >= 15 is 0 Å². The highest BCUT2D eigenvalue weighted by atomic mass is 16.8. The van der Waals surface area contributed by atoms with Crippen LogP contribution in [0.4, 0.5) is 14.4 Å². The Morgan fingerprint density at radius 1 is 0.850 bits per heavy atom. The smallest absolute Gasteiger partial charge is 0.477 e. The molecule has 0 bridgehead atoms. The minimum Gasteiger partial charge on any atom is -0.477 e. The number of carbonyl (C=O) groups is 4. The van der Waals surface area contributed by atoms with Crippen LogP contribution in [0, 0.1) is 0 Å². The van der Waals surface area contributed by atoms with Gasteiger partial charge in [-0.2, -0.15) is 0 Å². The lowest BCUT2D eigenvalue weighted by Crippen LogP contribution is -2.59. The largest absolute Gasteiger partial charge is 0.514 e. The van der Waals surface area contributed by atoms with Crippen molar-refractivity contribution in [3.8, 4) is 11.5 Å². The van der Waals surface area contributed by atoms with Crippen LogP contribution in [0.5, 0.6) is 11.5 Å². The minimum atomic E-state index is -2.22. The van der Waals surface area contributed by atoms with Crippen LogP contribution < -0.4 is 14.8 Å². The molecule has 0 heterocycles. The molecule has 0 saturated heterocycles. The molecule has 0 aliphatic heterocycles. The van der Waals surface area contributed by atoms with Crippen LogP contribution >= 0.6 is 0 Å². The molecule has 3 unspecified atom stereocenters. The Hall–Kier alpha value is -3.54. The molecular formula is C28H43NO11. The number of benzene rings is 1. The standard InChI is InChI=1S/C28H43NO11/c1-8-12-15-35-25(32)40-28(24(30)31,29-18(5)9-2)17-21-13-14-22(38-26(33)36-19(6)10-3)23(16-21)39-27(34)37-20(7)11-4/h13-14,16,18-20,29H,8-12,15,17H2,1-7H3,(H,30,31)/t18?,19?,20?,28-/m0/s1. The van der Waals surface area contributed by atoms with E-state index in [1.54, 1.807) is 20.8 Å². The van der Waals surface area contributed by atoms with E-state index in [9.17, 15) is 24.3 Å². The van der Waals surface area contributed by atoms with E-state index in [1.165, 1.54) is 18.2 Å². The summed E-state index contributed by atoms with van der Waals surface area (Å²) in [4.78, 5) is 49.6. The summed E-state index contributed by atoms with van der Waals surface area (Å²) in [5.41, 5.74) is -1.95. The molecule has 0 radical (unpaired) electrons. The van der Waals surface area contributed by atoms with Crippen molar-refractivity contribution in [1.82, 2.24) is 5.32 Å². The minimum absolute atomic E-state index is 0.0728. The van der Waals surface area contributed by atoms with Crippen LogP contribution in [0.1, 0.15) is 86.1 Å². The quantitative estimate of drug-likeness (QED) is 0.0790. The first-order chi connectivity index (χ1) is 18.9. The zero-order valence-electron chi connectivity index (χ0n) is 24.4. The summed E-state index contributed by atoms with van der Waals surface area (Å²) in [5.74, 6) is -1.84. The summed E-state index contributed by atoms with van der Waals surface area (Å²) in [6.45, 7) is 12.6. The lowest BCUT2D eigenvalue weighted by molar-refractivity contribution is -0.167. The molecule has 40 heavy (non-hydrogen) atoms. The molecule has 12 nitrogen and oxygen atoms in total. The highest BCUT2D eigenvalue weighted by Crippen LogP contribution is 2.32. The van der Waals surface area contributed by atoms with Crippen molar-refractivity contribution in [1.29, 1.82) is 0 Å². The van der Waals surface area contributed by atoms with Gasteiger partial charge in [0.05, 0.1) is 6.61 Å². The maximum atomic E-state index is 12.5. The van der Waals surface area contributed by atoms with E-state index in [1.807, 2.05) is 27.7 Å². The fourth-order valence-electron chi connectivity index (χ4n) is 3.11. The molecule has 1 aromatic carbocycles. The molecule has 4 atom stereocenters. The van der Waals surface area contributed by atoms with Gasteiger partial charge in [-0.15, -0.1) is 0 Å². The van der Waals surface area contributed by atoms with Crippen LogP contribution in [0.2, 0.25) is 0 Å². The molecule has 0 saturated carbocycles. The van der Waals surface area contributed by atoms with E-state index in [2.05, 4.69) is 5.32 Å². The van der Waals surface area contributed by atoms with Gasteiger partial charge in [0.2, 0.25) is 0 Å². The number of hydrogen-bond acceptors (Lipinski definition) is 11. The van der Waals surface area contributed by atoms with Crippen molar-refractivity contribution in [2.75, 3.05) is 6.61 Å². The van der Waals surface area contributed by atoms with Crippen molar-refractivity contribution in [3.05, 3.63) is 23.8 Å². The van der Waals surface area contributed by atoms with Gasteiger partial charge >= 0.3 is 24.4 Å². The predicted molar refractivity (Wildman–Crippen MR) is 144 cm³/mol. The number of ether oxygens (including phenoxy) is 6. The van der Waals surface area contributed by atoms with Gasteiger partial charge in [0.15, 0.2) is 11.5 Å². The van der Waals surface area contributed by atoms with Crippen LogP contribution in [-0.2, 0) is 30.2 Å². The lowest BCUT2D eigenvalue weighted by Gasteiger charge is -2.32. The normalized spacial score (nSPS) is 14.6. The number of carboxylic acid groups (broad SMARTS) is 1. The number of nitrogens with one attached hydrogen (secondary N) is 1. The monoisotopic (exact) mass is 569 g/mol. The van der Waals surface area contributed by atoms with E-state index in [-0.39, 0.29) is 36.1 Å². The summed E-state index contributed by atoms with van der Waals surface area (Å²) in [7, 11) is 0. The molecule has 226 valence electrons. The van der Waals surface area contributed by atoms with Crippen molar-refractivity contribution >= 4 is 24.4 Å². The van der Waals surface area contributed by atoms with Gasteiger partial charge in [-0.05, 0) is 64.2 Å². The molecule has 1 aromatic rings. The number of unbranched alkanes of at least 4 members (excludes halogenated alkanes) is 1. The number of hydrogen-bond donors (Lipinski definition) is 2. The zero-order chi connectivity index (χ0) is 30.3. The van der Waals surface area contributed by atoms with Gasteiger partial charge < -0.3 is 33.5 Å². The van der Waals surface area contributed by atoms with Crippen LogP contribution in [0.25, 0.3) is 0 Å². The van der Waals surface area contributed by atoms with Crippen molar-refractivity contribution in [2.45, 2.75) is 111 Å². The van der Waals surface area contributed by atoms with Crippen molar-refractivity contribution in [2.24, 2.45) is 0 Å². The Morgan fingerprint density at radius 2 is 1.43 bits per heavy atom. The first-order valence-electron chi connectivity index (χ1n) is 13.7. The topological polar surface area (TPSA) is 156 Å². The SMILES string of the molecule is CCCCOC(=O)O[C@](Cc1ccc(OC(=O)OC(C)CC)c(OC(=O)OC(C)CC)c1)(NC(C)CC)C(=O)O. The zero-order valence-corrected chi connectivity index (χ0v) is 24.4. The van der Waals surface area contributed by atoms with Crippen molar-refractivity contribution < 1.29 is 52.7 Å². The van der Waals surface area contributed by atoms with Crippen LogP contribution in [0.3, 0.4) is 0 Å². The summed E-state index contributed by atoms with van der Waals surface area (Å²) in [6, 6.07) is 3.69. The third-order valence-electron chi connectivity index (χ3n) is 6.01. The van der Waals surface area contributed by atoms with Gasteiger partial charge in [0.25, 0.3) is 5.72 Å². The van der Waals surface area contributed by atoms with Gasteiger partial charge in [-0.25, -0.2) is 19.2 Å². The van der Waals surface area contributed by atoms with Gasteiger partial charge in [-0.1, -0.05) is 40.2 Å². The first-order valence-corrected chi connectivity index (χ1v) is 13.7. The van der Waals surface area contributed by atoms with Gasteiger partial charge in [0.1, 0.15) is 12.2 Å². The predicted octanol–water partition coefficient (Wildman–Crippen LogP) is 5.98. The third-order valence-corrected chi connectivity index (χ3v) is 6.01. The van der Waals surface area contributed by atoms with E-state index in [4.69, 9.17) is 28.4 Å². The second-order valence-corrected chi connectivity index (χ2v) is 9.48. The van der Waals surface area contributed by atoms with E-state index < -0.39 is 42.4 Å². The molecule has 0 aliphatic rings. The molecule has 0 aliphatic carbocycles. The number of rotatable bonds is 16. The highest BCUT2D eigenvalue weighted by molar-refractivity contribution is 5.80. The average Bonchev–Trinajstić information content (AvgIpc) is 2.89. The Morgan fingerprint density at radius 3 is 1.93 bits per heavy atom. The lowest BCUT2D eigenvalue weighted by atomic mass is 10.00. The Kier molecular flexibility index (Phi) is 14.8.